The molecular formula is C7H6ClN3O. The molecule has 1 rings (SSSR count). The lowest BCUT2D eigenvalue weighted by Gasteiger charge is -1.87. The maximum Gasteiger partial charge on any atom is 0.397 e. The number of benzene rings is 1. The van der Waals surface area contributed by atoms with Gasteiger partial charge >= 0.3 is 5.69 Å². The maximum atomic E-state index is 10.6. The van der Waals surface area contributed by atoms with Gasteiger partial charge in [-0.3, -0.25) is 4.79 Å². The molecule has 0 spiro atoms. The van der Waals surface area contributed by atoms with Crippen molar-refractivity contribution in [3.8, 4) is 0 Å². The van der Waals surface area contributed by atoms with Crippen LogP contribution in [0, 0.1) is 5.39 Å². The summed E-state index contributed by atoms with van der Waals surface area (Å²) in [7, 11) is 0. The van der Waals surface area contributed by atoms with Gasteiger partial charge in [0.2, 0.25) is 5.39 Å². The first-order chi connectivity index (χ1) is 5.25. The molecule has 0 heterocycles. The van der Waals surface area contributed by atoms with Crippen molar-refractivity contribution in [2.75, 3.05) is 0 Å². The number of carbonyl (C=O) groups excluding carboxylic acids is 1. The summed E-state index contributed by atoms with van der Waals surface area (Å²) in [6, 6.07) is 6.30. The van der Waals surface area contributed by atoms with E-state index >= 15 is 0 Å². The molecule has 1 aromatic rings. The molecule has 2 N–H and O–H groups in total. The topological polar surface area (TPSA) is 71.2 Å². The van der Waals surface area contributed by atoms with Crippen molar-refractivity contribution < 1.29 is 17.2 Å². The van der Waals surface area contributed by atoms with E-state index in [1.807, 2.05) is 0 Å². The first-order valence-corrected chi connectivity index (χ1v) is 2.99. The third-order valence-corrected chi connectivity index (χ3v) is 1.28. The van der Waals surface area contributed by atoms with Crippen molar-refractivity contribution >= 4 is 11.6 Å². The number of hydrogen-bond donors (Lipinski definition) is 1. The number of halogens is 1. The number of nitrogens with zero attached hydrogens (tertiary/aromatic N) is 2. The standard InChI is InChI=1S/C7H5N3O.ClH/c8-7(11)5-3-1-2-4-6(5)10-9;/h1-4H,(H-,8,11);1H. The second-order valence-corrected chi connectivity index (χ2v) is 1.98. The molecule has 0 bridgehead atoms. The summed E-state index contributed by atoms with van der Waals surface area (Å²) in [6.45, 7) is 0. The summed E-state index contributed by atoms with van der Waals surface area (Å²) in [5.74, 6) is -0.599. The Labute approximate surface area is 75.4 Å². The highest BCUT2D eigenvalue weighted by Gasteiger charge is 2.15. The minimum atomic E-state index is -0.599. The summed E-state index contributed by atoms with van der Waals surface area (Å²) in [5, 5.41) is 8.38. The molecule has 1 aromatic carbocycles. The van der Waals surface area contributed by atoms with Gasteiger partial charge in [-0.05, 0) is 6.07 Å². The molecule has 0 aliphatic rings. The van der Waals surface area contributed by atoms with Gasteiger partial charge in [0.1, 0.15) is 5.56 Å². The van der Waals surface area contributed by atoms with Crippen LogP contribution in [0.1, 0.15) is 10.4 Å². The zero-order valence-electron chi connectivity index (χ0n) is 6.07. The second-order valence-electron chi connectivity index (χ2n) is 1.98. The van der Waals surface area contributed by atoms with Gasteiger partial charge < -0.3 is 18.1 Å². The van der Waals surface area contributed by atoms with Crippen LogP contribution in [0.25, 0.3) is 4.98 Å². The van der Waals surface area contributed by atoms with Crippen molar-refractivity contribution in [2.45, 2.75) is 0 Å². The predicted octanol–water partition coefficient (Wildman–Crippen LogP) is -1.73. The Kier molecular flexibility index (Phi) is 3.74. The fraction of sp³-hybridized carbons (Fsp3) is 0. The van der Waals surface area contributed by atoms with Crippen LogP contribution in [0.5, 0.6) is 0 Å². The lowest BCUT2D eigenvalue weighted by atomic mass is 10.2. The number of hydrogen-bond acceptors (Lipinski definition) is 2. The zero-order chi connectivity index (χ0) is 8.27. The van der Waals surface area contributed by atoms with Crippen molar-refractivity contribution in [2.24, 2.45) is 5.73 Å². The van der Waals surface area contributed by atoms with Crippen LogP contribution in [-0.4, -0.2) is 5.91 Å². The number of primary amides is 1. The van der Waals surface area contributed by atoms with Gasteiger partial charge in [-0.15, -0.1) is 0 Å². The summed E-state index contributed by atoms with van der Waals surface area (Å²) in [6.07, 6.45) is 0. The van der Waals surface area contributed by atoms with E-state index in [1.54, 1.807) is 12.1 Å². The molecule has 0 aliphatic heterocycles. The van der Waals surface area contributed by atoms with E-state index in [0.717, 1.165) is 0 Å². The molecule has 0 fully saturated rings. The minimum Gasteiger partial charge on any atom is -1.00 e. The third-order valence-electron chi connectivity index (χ3n) is 1.28. The van der Waals surface area contributed by atoms with Gasteiger partial charge in [0.15, 0.2) is 4.98 Å². The Balaban J connectivity index is 0.00000121. The van der Waals surface area contributed by atoms with E-state index in [-0.39, 0.29) is 23.7 Å². The van der Waals surface area contributed by atoms with Gasteiger partial charge in [-0.2, -0.15) is 0 Å². The molecule has 4 nitrogen and oxygen atoms in total. The molecule has 12 heavy (non-hydrogen) atoms. The summed E-state index contributed by atoms with van der Waals surface area (Å²) < 4.78 is 0. The van der Waals surface area contributed by atoms with Crippen LogP contribution in [0.15, 0.2) is 24.3 Å². The molecule has 0 aromatic heterocycles. The monoisotopic (exact) mass is 183 g/mol. The quantitative estimate of drug-likeness (QED) is 0.526. The lowest BCUT2D eigenvalue weighted by molar-refractivity contribution is -0.0000108. The van der Waals surface area contributed by atoms with Crippen molar-refractivity contribution in [1.82, 2.24) is 0 Å². The van der Waals surface area contributed by atoms with E-state index in [2.05, 4.69) is 4.98 Å². The zero-order valence-corrected chi connectivity index (χ0v) is 6.82. The normalized spacial score (nSPS) is 7.92. The predicted molar refractivity (Wildman–Crippen MR) is 39.7 cm³/mol. The van der Waals surface area contributed by atoms with E-state index < -0.39 is 5.91 Å². The molecular weight excluding hydrogens is 178 g/mol. The number of diazo groups is 1. The average molecular weight is 184 g/mol. The molecule has 0 unspecified atom stereocenters. The molecule has 0 atom stereocenters. The van der Waals surface area contributed by atoms with E-state index in [0.29, 0.717) is 0 Å². The Morgan fingerprint density at radius 1 is 1.42 bits per heavy atom. The van der Waals surface area contributed by atoms with Gasteiger partial charge in [0.05, 0.1) is 0 Å². The van der Waals surface area contributed by atoms with Crippen molar-refractivity contribution in [3.05, 3.63) is 34.8 Å². The minimum absolute atomic E-state index is 0. The van der Waals surface area contributed by atoms with Crippen molar-refractivity contribution in [3.63, 3.8) is 0 Å². The van der Waals surface area contributed by atoms with Gasteiger partial charge in [0, 0.05) is 6.07 Å². The van der Waals surface area contributed by atoms with Crippen LogP contribution >= 0.6 is 0 Å². The van der Waals surface area contributed by atoms with Gasteiger partial charge in [-0.1, -0.05) is 12.1 Å². The van der Waals surface area contributed by atoms with Crippen LogP contribution in [0.3, 0.4) is 0 Å². The second kappa shape index (κ2) is 4.31. The number of rotatable bonds is 1. The van der Waals surface area contributed by atoms with Crippen LogP contribution < -0.4 is 18.1 Å². The number of carbonyl (C=O) groups is 1. The summed E-state index contributed by atoms with van der Waals surface area (Å²) in [5.41, 5.74) is 5.39. The third kappa shape index (κ3) is 1.94. The fourth-order valence-electron chi connectivity index (χ4n) is 0.769. The molecule has 1 amide bonds. The Bertz CT molecular complexity index is 332. The highest BCUT2D eigenvalue weighted by molar-refractivity contribution is 5.98. The lowest BCUT2D eigenvalue weighted by Crippen LogP contribution is -3.00. The molecule has 0 aliphatic carbocycles. The molecule has 0 radical (unpaired) electrons. The smallest absolute Gasteiger partial charge is 0.397 e. The van der Waals surface area contributed by atoms with Crippen molar-refractivity contribution in [1.29, 1.82) is 5.39 Å². The maximum absolute atomic E-state index is 10.6. The molecule has 0 saturated carbocycles. The fourth-order valence-corrected chi connectivity index (χ4v) is 0.769. The Morgan fingerprint density at radius 3 is 2.42 bits per heavy atom. The van der Waals surface area contributed by atoms with Gasteiger partial charge in [0.25, 0.3) is 5.91 Å². The SMILES string of the molecule is N#[N+]c1ccccc1C(N)=O.[Cl-]. The van der Waals surface area contributed by atoms with E-state index in [4.69, 9.17) is 11.1 Å². The first kappa shape index (κ1) is 10.4. The van der Waals surface area contributed by atoms with Crippen LogP contribution in [0.2, 0.25) is 0 Å². The summed E-state index contributed by atoms with van der Waals surface area (Å²) >= 11 is 0. The van der Waals surface area contributed by atoms with Crippen LogP contribution in [-0.2, 0) is 0 Å². The Morgan fingerprint density at radius 2 is 2.00 bits per heavy atom. The highest BCUT2D eigenvalue weighted by atomic mass is 35.5. The Hall–Kier alpha value is -1.60. The average Bonchev–Trinajstić information content (AvgIpc) is 2.04. The van der Waals surface area contributed by atoms with E-state index in [9.17, 15) is 4.79 Å². The number of nitrogens with two attached hydrogens (primary N) is 1. The van der Waals surface area contributed by atoms with Crippen LogP contribution in [0.4, 0.5) is 5.69 Å². The van der Waals surface area contributed by atoms with E-state index in [1.165, 1.54) is 12.1 Å². The molecule has 5 heteroatoms. The molecule has 62 valence electrons. The molecule has 0 saturated heterocycles. The largest absolute Gasteiger partial charge is 1.00 e. The number of amides is 1. The summed E-state index contributed by atoms with van der Waals surface area (Å²) in [4.78, 5) is 13.5. The van der Waals surface area contributed by atoms with Gasteiger partial charge in [-0.25, -0.2) is 0 Å². The first-order valence-electron chi connectivity index (χ1n) is 2.99. The highest BCUT2D eigenvalue weighted by Crippen LogP contribution is 2.16.